The average Bonchev–Trinajstić information content (AvgIpc) is 3.16. The topological polar surface area (TPSA) is 72.2 Å². The van der Waals surface area contributed by atoms with Crippen molar-refractivity contribution in [2.75, 3.05) is 11.1 Å². The molecule has 1 amide bonds. The number of hydrogen-bond donors (Lipinski definition) is 1. The lowest BCUT2D eigenvalue weighted by Crippen LogP contribution is -2.14. The lowest BCUT2D eigenvalue weighted by molar-refractivity contribution is -0.137. The van der Waals surface area contributed by atoms with Crippen molar-refractivity contribution in [3.63, 3.8) is 0 Å². The first-order valence-corrected chi connectivity index (χ1v) is 9.86. The van der Waals surface area contributed by atoms with E-state index in [1.165, 1.54) is 28.8 Å². The Morgan fingerprint density at radius 3 is 2.35 bits per heavy atom. The predicted octanol–water partition coefficient (Wildman–Crippen LogP) is 4.68. The van der Waals surface area contributed by atoms with Gasteiger partial charge in [-0.15, -0.1) is 10.2 Å². The zero-order valence-electron chi connectivity index (χ0n) is 15.6. The monoisotopic (exact) mass is 447 g/mol. The SMILES string of the molecule is O=C(CSc1ccc2nnc(-c3ccc(F)cc3)n2n1)Nc1ccc(C(F)(F)F)cc1. The molecule has 6 nitrogen and oxygen atoms in total. The number of hydrogen-bond acceptors (Lipinski definition) is 5. The summed E-state index contributed by atoms with van der Waals surface area (Å²) in [5.41, 5.74) is 0.587. The van der Waals surface area contributed by atoms with Crippen molar-refractivity contribution in [1.82, 2.24) is 19.8 Å². The van der Waals surface area contributed by atoms with Crippen LogP contribution in [-0.4, -0.2) is 31.5 Å². The zero-order valence-corrected chi connectivity index (χ0v) is 16.4. The van der Waals surface area contributed by atoms with Crippen LogP contribution in [0.4, 0.5) is 23.2 Å². The number of halogens is 4. The normalized spacial score (nSPS) is 11.6. The van der Waals surface area contributed by atoms with Crippen LogP contribution >= 0.6 is 11.8 Å². The molecule has 1 N–H and O–H groups in total. The highest BCUT2D eigenvalue weighted by molar-refractivity contribution is 7.99. The molecule has 0 radical (unpaired) electrons. The van der Waals surface area contributed by atoms with E-state index in [0.29, 0.717) is 22.1 Å². The molecule has 0 bridgehead atoms. The van der Waals surface area contributed by atoms with Gasteiger partial charge in [-0.25, -0.2) is 4.39 Å². The molecule has 0 atom stereocenters. The number of rotatable bonds is 5. The minimum Gasteiger partial charge on any atom is -0.325 e. The lowest BCUT2D eigenvalue weighted by atomic mass is 10.2. The van der Waals surface area contributed by atoms with Gasteiger partial charge < -0.3 is 5.32 Å². The number of nitrogens with one attached hydrogen (secondary N) is 1. The smallest absolute Gasteiger partial charge is 0.325 e. The van der Waals surface area contributed by atoms with E-state index in [9.17, 15) is 22.4 Å². The number of thioether (sulfide) groups is 1. The number of benzene rings is 2. The summed E-state index contributed by atoms with van der Waals surface area (Å²) in [6, 6.07) is 13.3. The minimum atomic E-state index is -4.43. The Morgan fingerprint density at radius 2 is 1.68 bits per heavy atom. The Morgan fingerprint density at radius 1 is 0.968 bits per heavy atom. The standard InChI is InChI=1S/C20H13F4N5OS/c21-14-5-1-12(2-6-14)19-27-26-16-9-10-18(28-29(16)19)31-11-17(30)25-15-7-3-13(4-8-15)20(22,23)24/h1-10H,11H2,(H,25,30). The van der Waals surface area contributed by atoms with Crippen LogP contribution in [0, 0.1) is 5.82 Å². The van der Waals surface area contributed by atoms with Crippen molar-refractivity contribution in [3.05, 3.63) is 72.0 Å². The summed E-state index contributed by atoms with van der Waals surface area (Å²) in [5, 5.41) is 15.6. The fourth-order valence-corrected chi connectivity index (χ4v) is 3.36. The lowest BCUT2D eigenvalue weighted by Gasteiger charge is -2.08. The van der Waals surface area contributed by atoms with E-state index in [0.717, 1.165) is 23.9 Å². The molecule has 4 aromatic rings. The van der Waals surface area contributed by atoms with Gasteiger partial charge in [-0.1, -0.05) is 11.8 Å². The molecule has 0 unspecified atom stereocenters. The highest BCUT2D eigenvalue weighted by Crippen LogP contribution is 2.30. The van der Waals surface area contributed by atoms with Crippen molar-refractivity contribution in [2.45, 2.75) is 11.2 Å². The van der Waals surface area contributed by atoms with Gasteiger partial charge in [-0.05, 0) is 60.7 Å². The average molecular weight is 447 g/mol. The molecule has 2 heterocycles. The number of fused-ring (bicyclic) bond motifs is 1. The highest BCUT2D eigenvalue weighted by Gasteiger charge is 2.30. The molecule has 2 aromatic carbocycles. The predicted molar refractivity (Wildman–Crippen MR) is 107 cm³/mol. The van der Waals surface area contributed by atoms with Crippen LogP contribution in [0.25, 0.3) is 17.0 Å². The third-order valence-corrected chi connectivity index (χ3v) is 5.11. The van der Waals surface area contributed by atoms with Gasteiger partial charge in [-0.2, -0.15) is 22.8 Å². The fourth-order valence-electron chi connectivity index (χ4n) is 2.71. The number of nitrogens with zero attached hydrogens (tertiary/aromatic N) is 4. The maximum atomic E-state index is 13.2. The van der Waals surface area contributed by atoms with Gasteiger partial charge in [0, 0.05) is 11.3 Å². The van der Waals surface area contributed by atoms with Crippen molar-refractivity contribution >= 4 is 29.0 Å². The molecular weight excluding hydrogens is 434 g/mol. The van der Waals surface area contributed by atoms with Gasteiger partial charge in [0.1, 0.15) is 10.8 Å². The molecule has 4 rings (SSSR count). The van der Waals surface area contributed by atoms with Gasteiger partial charge in [-0.3, -0.25) is 4.79 Å². The Balaban J connectivity index is 1.43. The zero-order chi connectivity index (χ0) is 22.0. The molecule has 158 valence electrons. The van der Waals surface area contributed by atoms with E-state index in [4.69, 9.17) is 0 Å². The molecule has 0 aliphatic heterocycles. The maximum absolute atomic E-state index is 13.2. The number of carbonyl (C=O) groups excluding carboxylic acids is 1. The van der Waals surface area contributed by atoms with Crippen LogP contribution in [0.2, 0.25) is 0 Å². The van der Waals surface area contributed by atoms with E-state index in [1.54, 1.807) is 24.3 Å². The molecule has 0 aliphatic rings. The first-order valence-electron chi connectivity index (χ1n) is 8.88. The second kappa shape index (κ2) is 8.34. The minimum absolute atomic E-state index is 0.00641. The third kappa shape index (κ3) is 4.82. The van der Waals surface area contributed by atoms with E-state index in [1.807, 2.05) is 0 Å². The van der Waals surface area contributed by atoms with Crippen molar-refractivity contribution in [3.8, 4) is 11.4 Å². The molecule has 0 fully saturated rings. The van der Waals surface area contributed by atoms with Crippen LogP contribution in [0.15, 0.2) is 65.7 Å². The summed E-state index contributed by atoms with van der Waals surface area (Å²) in [4.78, 5) is 12.2. The second-order valence-electron chi connectivity index (χ2n) is 6.38. The summed E-state index contributed by atoms with van der Waals surface area (Å²) in [5.74, 6) is -0.352. The van der Waals surface area contributed by atoms with Crippen LogP contribution < -0.4 is 5.32 Å². The Labute approximate surface area is 177 Å². The molecule has 11 heteroatoms. The summed E-state index contributed by atoms with van der Waals surface area (Å²) >= 11 is 1.14. The quantitative estimate of drug-likeness (QED) is 0.355. The van der Waals surface area contributed by atoms with Crippen LogP contribution in [0.5, 0.6) is 0 Å². The Kier molecular flexibility index (Phi) is 5.59. The van der Waals surface area contributed by atoms with Gasteiger partial charge in [0.2, 0.25) is 5.91 Å². The van der Waals surface area contributed by atoms with E-state index in [2.05, 4.69) is 20.6 Å². The Bertz CT molecular complexity index is 1220. The van der Waals surface area contributed by atoms with Crippen molar-refractivity contribution < 1.29 is 22.4 Å². The van der Waals surface area contributed by atoms with Gasteiger partial charge >= 0.3 is 6.18 Å². The van der Waals surface area contributed by atoms with Crippen LogP contribution in [-0.2, 0) is 11.0 Å². The molecule has 2 aromatic heterocycles. The fraction of sp³-hybridized carbons (Fsp3) is 0.100. The summed E-state index contributed by atoms with van der Waals surface area (Å²) in [7, 11) is 0. The number of alkyl halides is 3. The van der Waals surface area contributed by atoms with Gasteiger partial charge in [0.05, 0.1) is 11.3 Å². The first kappa shape index (κ1) is 20.8. The van der Waals surface area contributed by atoms with E-state index >= 15 is 0 Å². The number of amides is 1. The summed E-state index contributed by atoms with van der Waals surface area (Å²) in [6.45, 7) is 0. The number of aromatic nitrogens is 4. The van der Waals surface area contributed by atoms with E-state index in [-0.39, 0.29) is 17.3 Å². The Hall–Kier alpha value is -3.47. The largest absolute Gasteiger partial charge is 0.416 e. The third-order valence-electron chi connectivity index (χ3n) is 4.19. The molecule has 31 heavy (non-hydrogen) atoms. The molecular formula is C20H13F4N5OS. The maximum Gasteiger partial charge on any atom is 0.416 e. The molecule has 0 saturated heterocycles. The summed E-state index contributed by atoms with van der Waals surface area (Å²) in [6.07, 6.45) is -4.43. The highest BCUT2D eigenvalue weighted by atomic mass is 32.2. The van der Waals surface area contributed by atoms with E-state index < -0.39 is 17.6 Å². The van der Waals surface area contributed by atoms with Crippen molar-refractivity contribution in [2.24, 2.45) is 0 Å². The molecule has 0 spiro atoms. The molecule has 0 aliphatic carbocycles. The molecule has 0 saturated carbocycles. The van der Waals surface area contributed by atoms with Crippen molar-refractivity contribution in [1.29, 1.82) is 0 Å². The summed E-state index contributed by atoms with van der Waals surface area (Å²) < 4.78 is 52.5. The van der Waals surface area contributed by atoms with Crippen LogP contribution in [0.3, 0.4) is 0 Å². The van der Waals surface area contributed by atoms with Gasteiger partial charge in [0.25, 0.3) is 0 Å². The van der Waals surface area contributed by atoms with Crippen LogP contribution in [0.1, 0.15) is 5.56 Å². The first-order chi connectivity index (χ1) is 14.8. The second-order valence-corrected chi connectivity index (χ2v) is 7.38. The number of carbonyl (C=O) groups is 1. The van der Waals surface area contributed by atoms with Gasteiger partial charge in [0.15, 0.2) is 11.5 Å². The number of anilines is 1.